The molecule has 0 spiro atoms. The first-order valence-electron chi connectivity index (χ1n) is 4.03. The molecule has 3 heteroatoms. The predicted octanol–water partition coefficient (Wildman–Crippen LogP) is 0.621. The first kappa shape index (κ1) is 8.51. The number of morpholine rings is 1. The van der Waals surface area contributed by atoms with E-state index >= 15 is 0 Å². The van der Waals surface area contributed by atoms with Crippen LogP contribution < -0.4 is 0 Å². The molecule has 1 saturated heterocycles. The van der Waals surface area contributed by atoms with Gasteiger partial charge in [-0.25, -0.2) is 0 Å². The van der Waals surface area contributed by atoms with E-state index < -0.39 is 0 Å². The van der Waals surface area contributed by atoms with E-state index in [1.54, 1.807) is 0 Å². The molecule has 0 radical (unpaired) electrons. The Morgan fingerprint density at radius 1 is 1.55 bits per heavy atom. The Kier molecular flexibility index (Phi) is 3.34. The van der Waals surface area contributed by atoms with Crippen LogP contribution >= 0.6 is 0 Å². The lowest BCUT2D eigenvalue weighted by Gasteiger charge is -2.30. The number of nitrogens with zero attached hydrogens (tertiary/aromatic N) is 2. The summed E-state index contributed by atoms with van der Waals surface area (Å²) in [6.45, 7) is 5.67. The van der Waals surface area contributed by atoms with E-state index in [9.17, 15) is 0 Å². The van der Waals surface area contributed by atoms with Gasteiger partial charge in [0.15, 0.2) is 0 Å². The van der Waals surface area contributed by atoms with Crippen molar-refractivity contribution in [1.82, 2.24) is 4.90 Å². The fraction of sp³-hybridized carbons (Fsp3) is 0.875. The van der Waals surface area contributed by atoms with Crippen LogP contribution in [0.4, 0.5) is 0 Å². The van der Waals surface area contributed by atoms with Gasteiger partial charge in [-0.15, -0.1) is 0 Å². The molecular formula is C8H14N2O. The molecule has 3 nitrogen and oxygen atoms in total. The van der Waals surface area contributed by atoms with E-state index in [2.05, 4.69) is 17.9 Å². The van der Waals surface area contributed by atoms with Gasteiger partial charge in [0.2, 0.25) is 0 Å². The van der Waals surface area contributed by atoms with E-state index in [0.717, 1.165) is 26.3 Å². The standard InChI is InChI=1S/C8H14N2O/c1-8(2-3-9)10-4-6-11-7-5-10/h8H,2,4-7H2,1H3/t8-/m0/s1. The van der Waals surface area contributed by atoms with Crippen LogP contribution in [-0.4, -0.2) is 37.2 Å². The van der Waals surface area contributed by atoms with Crippen LogP contribution in [0.5, 0.6) is 0 Å². The predicted molar refractivity (Wildman–Crippen MR) is 42.1 cm³/mol. The van der Waals surface area contributed by atoms with Gasteiger partial charge in [-0.05, 0) is 6.92 Å². The van der Waals surface area contributed by atoms with E-state index in [-0.39, 0.29) is 0 Å². The number of rotatable bonds is 2. The van der Waals surface area contributed by atoms with Gasteiger partial charge >= 0.3 is 0 Å². The molecule has 1 rings (SSSR count). The maximum atomic E-state index is 8.46. The lowest BCUT2D eigenvalue weighted by molar-refractivity contribution is 0.0211. The van der Waals surface area contributed by atoms with Gasteiger partial charge < -0.3 is 4.74 Å². The minimum Gasteiger partial charge on any atom is -0.379 e. The third kappa shape index (κ3) is 2.49. The Morgan fingerprint density at radius 2 is 2.18 bits per heavy atom. The number of hydrogen-bond acceptors (Lipinski definition) is 3. The summed E-state index contributed by atoms with van der Waals surface area (Å²) in [5, 5.41) is 8.46. The number of hydrogen-bond donors (Lipinski definition) is 0. The van der Waals surface area contributed by atoms with Crippen molar-refractivity contribution in [1.29, 1.82) is 5.26 Å². The molecule has 0 amide bonds. The molecule has 1 aliphatic heterocycles. The molecule has 1 aliphatic rings. The third-order valence-corrected chi connectivity index (χ3v) is 2.06. The van der Waals surface area contributed by atoms with Crippen molar-refractivity contribution < 1.29 is 4.74 Å². The van der Waals surface area contributed by atoms with Crippen molar-refractivity contribution in [3.63, 3.8) is 0 Å². The van der Waals surface area contributed by atoms with Gasteiger partial charge in [0, 0.05) is 19.1 Å². The second-order valence-corrected chi connectivity index (χ2v) is 2.86. The minimum atomic E-state index is 0.392. The molecule has 1 heterocycles. The lowest BCUT2D eigenvalue weighted by Crippen LogP contribution is -2.41. The summed E-state index contributed by atoms with van der Waals surface area (Å²) >= 11 is 0. The summed E-state index contributed by atoms with van der Waals surface area (Å²) in [6, 6.07) is 2.57. The molecular weight excluding hydrogens is 140 g/mol. The zero-order chi connectivity index (χ0) is 8.10. The van der Waals surface area contributed by atoms with Crippen LogP contribution in [0.15, 0.2) is 0 Å². The van der Waals surface area contributed by atoms with Crippen molar-refractivity contribution >= 4 is 0 Å². The van der Waals surface area contributed by atoms with E-state index in [0.29, 0.717) is 12.5 Å². The maximum absolute atomic E-state index is 8.46. The molecule has 1 fully saturated rings. The van der Waals surface area contributed by atoms with Crippen LogP contribution in [0.2, 0.25) is 0 Å². The van der Waals surface area contributed by atoms with Crippen LogP contribution in [0.3, 0.4) is 0 Å². The quantitative estimate of drug-likeness (QED) is 0.585. The smallest absolute Gasteiger partial charge is 0.0638 e. The number of ether oxygens (including phenoxy) is 1. The summed E-state index contributed by atoms with van der Waals surface area (Å²) in [4.78, 5) is 2.30. The fourth-order valence-electron chi connectivity index (χ4n) is 1.28. The van der Waals surface area contributed by atoms with Crippen molar-refractivity contribution in [3.05, 3.63) is 0 Å². The Morgan fingerprint density at radius 3 is 2.73 bits per heavy atom. The fourth-order valence-corrected chi connectivity index (χ4v) is 1.28. The average Bonchev–Trinajstić information content (AvgIpc) is 2.07. The molecule has 11 heavy (non-hydrogen) atoms. The van der Waals surface area contributed by atoms with Crippen molar-refractivity contribution in [3.8, 4) is 6.07 Å². The van der Waals surface area contributed by atoms with E-state index in [1.165, 1.54) is 0 Å². The monoisotopic (exact) mass is 154 g/mol. The first-order valence-corrected chi connectivity index (χ1v) is 4.03. The zero-order valence-electron chi connectivity index (χ0n) is 6.92. The van der Waals surface area contributed by atoms with Crippen LogP contribution in [0.1, 0.15) is 13.3 Å². The van der Waals surface area contributed by atoms with Gasteiger partial charge in [-0.2, -0.15) is 5.26 Å². The lowest BCUT2D eigenvalue weighted by atomic mass is 10.2. The highest BCUT2D eigenvalue weighted by atomic mass is 16.5. The topological polar surface area (TPSA) is 36.3 Å². The van der Waals surface area contributed by atoms with Crippen LogP contribution in [0, 0.1) is 11.3 Å². The molecule has 0 aromatic carbocycles. The summed E-state index contributed by atoms with van der Waals surface area (Å²) in [5.74, 6) is 0. The maximum Gasteiger partial charge on any atom is 0.0638 e. The second kappa shape index (κ2) is 4.32. The molecule has 0 saturated carbocycles. The largest absolute Gasteiger partial charge is 0.379 e. The summed E-state index contributed by atoms with van der Waals surface area (Å²) in [5.41, 5.74) is 0. The molecule has 0 bridgehead atoms. The van der Waals surface area contributed by atoms with Gasteiger partial charge in [-0.1, -0.05) is 0 Å². The highest BCUT2D eigenvalue weighted by molar-refractivity contribution is 4.80. The summed E-state index contributed by atoms with van der Waals surface area (Å²) < 4.78 is 5.20. The Hall–Kier alpha value is -0.590. The van der Waals surface area contributed by atoms with Gasteiger partial charge in [0.05, 0.1) is 25.7 Å². The first-order chi connectivity index (χ1) is 5.34. The molecule has 0 aromatic heterocycles. The van der Waals surface area contributed by atoms with Gasteiger partial charge in [-0.3, -0.25) is 4.90 Å². The second-order valence-electron chi connectivity index (χ2n) is 2.86. The van der Waals surface area contributed by atoms with Crippen molar-refractivity contribution in [2.75, 3.05) is 26.3 Å². The Labute approximate surface area is 67.6 Å². The molecule has 0 aromatic rings. The van der Waals surface area contributed by atoms with E-state index in [4.69, 9.17) is 10.00 Å². The Balaban J connectivity index is 2.27. The average molecular weight is 154 g/mol. The molecule has 1 atom stereocenters. The van der Waals surface area contributed by atoms with Crippen LogP contribution in [0.25, 0.3) is 0 Å². The molecule has 0 unspecified atom stereocenters. The third-order valence-electron chi connectivity index (χ3n) is 2.06. The van der Waals surface area contributed by atoms with Crippen LogP contribution in [-0.2, 0) is 4.74 Å². The minimum absolute atomic E-state index is 0.392. The molecule has 62 valence electrons. The van der Waals surface area contributed by atoms with Gasteiger partial charge in [0.1, 0.15) is 0 Å². The Bertz CT molecular complexity index is 147. The summed E-state index contributed by atoms with van der Waals surface area (Å²) in [7, 11) is 0. The zero-order valence-corrected chi connectivity index (χ0v) is 6.92. The summed E-state index contributed by atoms with van der Waals surface area (Å²) in [6.07, 6.45) is 0.625. The highest BCUT2D eigenvalue weighted by Gasteiger charge is 2.15. The molecule has 0 aliphatic carbocycles. The number of nitriles is 1. The SMILES string of the molecule is C[C@@H](CC#N)N1CCOCC1. The normalized spacial score (nSPS) is 22.5. The van der Waals surface area contributed by atoms with Crippen molar-refractivity contribution in [2.24, 2.45) is 0 Å². The van der Waals surface area contributed by atoms with E-state index in [1.807, 2.05) is 0 Å². The molecule has 0 N–H and O–H groups in total. The van der Waals surface area contributed by atoms with Gasteiger partial charge in [0.25, 0.3) is 0 Å². The highest BCUT2D eigenvalue weighted by Crippen LogP contribution is 2.05. The van der Waals surface area contributed by atoms with Crippen molar-refractivity contribution in [2.45, 2.75) is 19.4 Å².